The zero-order valence-corrected chi connectivity index (χ0v) is 9.71. The Balaban J connectivity index is 1.96. The largest absolute Gasteiger partial charge is 0.382 e. The fraction of sp³-hybridized carbons (Fsp3) is 0.0833. The lowest BCUT2D eigenvalue weighted by Crippen LogP contribution is -1.81. The van der Waals surface area contributed by atoms with Gasteiger partial charge in [0, 0.05) is 11.6 Å². The molecule has 6 nitrogen and oxygen atoms in total. The van der Waals surface area contributed by atoms with E-state index in [9.17, 15) is 0 Å². The van der Waals surface area contributed by atoms with Gasteiger partial charge in [-0.25, -0.2) is 0 Å². The highest BCUT2D eigenvalue weighted by atomic mass is 16.5. The highest BCUT2D eigenvalue weighted by Gasteiger charge is 2.12. The molecule has 0 atom stereocenters. The molecule has 6 heteroatoms. The molecule has 0 radical (unpaired) electrons. The number of nitrogens with two attached hydrogens (primary N) is 1. The zero-order chi connectivity index (χ0) is 12.5. The molecule has 2 aromatic heterocycles. The van der Waals surface area contributed by atoms with Crippen molar-refractivity contribution in [3.05, 3.63) is 35.9 Å². The van der Waals surface area contributed by atoms with Crippen molar-refractivity contribution in [1.29, 1.82) is 0 Å². The summed E-state index contributed by atoms with van der Waals surface area (Å²) in [6, 6.07) is 9.54. The standard InChI is InChI=1S/C12H11N5O/c1-7-2-4-8(5-3-7)11-14-12(18-17-11)9-6-10(13)16-15-9/h2-6H,1H3,(H3,13,15,16). The first-order valence-electron chi connectivity index (χ1n) is 5.44. The number of aromatic nitrogens is 4. The molecule has 1 aromatic carbocycles. The van der Waals surface area contributed by atoms with Crippen molar-refractivity contribution in [2.24, 2.45) is 0 Å². The van der Waals surface area contributed by atoms with Crippen LogP contribution in [0.15, 0.2) is 34.9 Å². The van der Waals surface area contributed by atoms with E-state index in [2.05, 4.69) is 20.3 Å². The molecule has 0 amide bonds. The van der Waals surface area contributed by atoms with Crippen molar-refractivity contribution in [3.63, 3.8) is 0 Å². The Kier molecular flexibility index (Phi) is 2.33. The average Bonchev–Trinajstić information content (AvgIpc) is 2.98. The molecule has 3 aromatic rings. The summed E-state index contributed by atoms with van der Waals surface area (Å²) in [4.78, 5) is 4.29. The maximum absolute atomic E-state index is 5.52. The summed E-state index contributed by atoms with van der Waals surface area (Å²) in [5, 5.41) is 10.5. The summed E-state index contributed by atoms with van der Waals surface area (Å²) >= 11 is 0. The molecule has 90 valence electrons. The Hall–Kier alpha value is -2.63. The van der Waals surface area contributed by atoms with E-state index in [0.717, 1.165) is 5.56 Å². The van der Waals surface area contributed by atoms with E-state index in [4.69, 9.17) is 10.3 Å². The number of hydrogen-bond donors (Lipinski definition) is 2. The van der Waals surface area contributed by atoms with Crippen LogP contribution in [0.3, 0.4) is 0 Å². The molecule has 0 spiro atoms. The third-order valence-electron chi connectivity index (χ3n) is 2.56. The van der Waals surface area contributed by atoms with Crippen molar-refractivity contribution in [3.8, 4) is 23.0 Å². The number of H-pyrrole nitrogens is 1. The highest BCUT2D eigenvalue weighted by molar-refractivity contribution is 5.59. The molecule has 0 aliphatic carbocycles. The first-order valence-corrected chi connectivity index (χ1v) is 5.44. The third-order valence-corrected chi connectivity index (χ3v) is 2.56. The maximum atomic E-state index is 5.52. The second-order valence-electron chi connectivity index (χ2n) is 4.00. The van der Waals surface area contributed by atoms with E-state index in [1.165, 1.54) is 5.56 Å². The number of aryl methyl sites for hydroxylation is 1. The molecule has 2 heterocycles. The van der Waals surface area contributed by atoms with Crippen LogP contribution in [0.1, 0.15) is 5.56 Å². The molecule has 0 unspecified atom stereocenters. The van der Waals surface area contributed by atoms with Crippen molar-refractivity contribution in [1.82, 2.24) is 20.3 Å². The Morgan fingerprint density at radius 2 is 2.00 bits per heavy atom. The highest BCUT2D eigenvalue weighted by Crippen LogP contribution is 2.21. The van der Waals surface area contributed by atoms with E-state index in [-0.39, 0.29) is 0 Å². The van der Waals surface area contributed by atoms with Crippen LogP contribution >= 0.6 is 0 Å². The molecule has 3 N–H and O–H groups in total. The monoisotopic (exact) mass is 241 g/mol. The van der Waals surface area contributed by atoms with Gasteiger partial charge < -0.3 is 10.3 Å². The number of aromatic amines is 1. The van der Waals surface area contributed by atoms with E-state index >= 15 is 0 Å². The number of rotatable bonds is 2. The van der Waals surface area contributed by atoms with Crippen LogP contribution in [0.4, 0.5) is 5.82 Å². The minimum atomic E-state index is 0.370. The minimum absolute atomic E-state index is 0.370. The molecule has 0 aliphatic heterocycles. The van der Waals surface area contributed by atoms with Crippen LogP contribution in [0, 0.1) is 6.92 Å². The molecule has 0 bridgehead atoms. The van der Waals surface area contributed by atoms with Crippen LogP contribution in [-0.4, -0.2) is 20.3 Å². The summed E-state index contributed by atoms with van der Waals surface area (Å²) in [7, 11) is 0. The van der Waals surface area contributed by atoms with Gasteiger partial charge in [-0.1, -0.05) is 35.0 Å². The Morgan fingerprint density at radius 3 is 2.67 bits per heavy atom. The number of nitrogens with zero attached hydrogens (tertiary/aromatic N) is 3. The number of nitrogen functional groups attached to an aromatic ring is 1. The molecule has 0 saturated carbocycles. The lowest BCUT2D eigenvalue weighted by Gasteiger charge is -1.94. The van der Waals surface area contributed by atoms with Gasteiger partial charge in [0.1, 0.15) is 11.5 Å². The van der Waals surface area contributed by atoms with E-state index in [0.29, 0.717) is 23.2 Å². The second kappa shape index (κ2) is 3.99. The minimum Gasteiger partial charge on any atom is -0.382 e. The normalized spacial score (nSPS) is 10.7. The Labute approximate surface area is 103 Å². The van der Waals surface area contributed by atoms with Gasteiger partial charge in [-0.15, -0.1) is 0 Å². The number of nitrogens with one attached hydrogen (secondary N) is 1. The van der Waals surface area contributed by atoms with Crippen molar-refractivity contribution >= 4 is 5.82 Å². The quantitative estimate of drug-likeness (QED) is 0.715. The molecule has 18 heavy (non-hydrogen) atoms. The first kappa shape index (κ1) is 10.5. The lowest BCUT2D eigenvalue weighted by molar-refractivity contribution is 0.431. The van der Waals surface area contributed by atoms with Gasteiger partial charge >= 0.3 is 0 Å². The Bertz CT molecular complexity index is 668. The SMILES string of the molecule is Cc1ccc(-c2noc(-c3cc(N)n[nH]3)n2)cc1. The predicted molar refractivity (Wildman–Crippen MR) is 66.5 cm³/mol. The third kappa shape index (κ3) is 1.84. The summed E-state index contributed by atoms with van der Waals surface area (Å²) in [6.07, 6.45) is 0. The van der Waals surface area contributed by atoms with Crippen LogP contribution in [0.5, 0.6) is 0 Å². The fourth-order valence-electron chi connectivity index (χ4n) is 1.60. The van der Waals surface area contributed by atoms with E-state index in [1.54, 1.807) is 6.07 Å². The van der Waals surface area contributed by atoms with Gasteiger partial charge in [-0.3, -0.25) is 5.10 Å². The predicted octanol–water partition coefficient (Wildman–Crippen LogP) is 2.02. The first-order chi connectivity index (χ1) is 8.72. The van der Waals surface area contributed by atoms with Crippen molar-refractivity contribution in [2.75, 3.05) is 5.73 Å². The van der Waals surface area contributed by atoms with Crippen molar-refractivity contribution < 1.29 is 4.52 Å². The van der Waals surface area contributed by atoms with Gasteiger partial charge in [0.05, 0.1) is 0 Å². The number of anilines is 1. The summed E-state index contributed by atoms with van der Waals surface area (Å²) in [5.74, 6) is 1.30. The molecular weight excluding hydrogens is 230 g/mol. The molecule has 0 fully saturated rings. The summed E-state index contributed by atoms with van der Waals surface area (Å²) in [6.45, 7) is 2.03. The van der Waals surface area contributed by atoms with E-state index < -0.39 is 0 Å². The second-order valence-corrected chi connectivity index (χ2v) is 4.00. The van der Waals surface area contributed by atoms with Gasteiger partial charge in [0.25, 0.3) is 5.89 Å². The molecular formula is C12H11N5O. The number of hydrogen-bond acceptors (Lipinski definition) is 5. The van der Waals surface area contributed by atoms with Gasteiger partial charge in [0.2, 0.25) is 5.82 Å². The molecule has 0 saturated heterocycles. The average molecular weight is 241 g/mol. The van der Waals surface area contributed by atoms with E-state index in [1.807, 2.05) is 31.2 Å². The smallest absolute Gasteiger partial charge is 0.276 e. The summed E-state index contributed by atoms with van der Waals surface area (Å²) in [5.41, 5.74) is 8.22. The van der Waals surface area contributed by atoms with Gasteiger partial charge in [0.15, 0.2) is 0 Å². The molecule has 3 rings (SSSR count). The maximum Gasteiger partial charge on any atom is 0.276 e. The Morgan fingerprint density at radius 1 is 1.22 bits per heavy atom. The van der Waals surface area contributed by atoms with Crippen LogP contribution in [0.25, 0.3) is 23.0 Å². The van der Waals surface area contributed by atoms with Gasteiger partial charge in [-0.2, -0.15) is 10.1 Å². The summed E-state index contributed by atoms with van der Waals surface area (Å²) < 4.78 is 5.16. The fourth-order valence-corrected chi connectivity index (χ4v) is 1.60. The van der Waals surface area contributed by atoms with Crippen LogP contribution in [-0.2, 0) is 0 Å². The van der Waals surface area contributed by atoms with Crippen LogP contribution in [0.2, 0.25) is 0 Å². The zero-order valence-electron chi connectivity index (χ0n) is 9.71. The van der Waals surface area contributed by atoms with Crippen LogP contribution < -0.4 is 5.73 Å². The number of benzene rings is 1. The lowest BCUT2D eigenvalue weighted by atomic mass is 10.1. The van der Waals surface area contributed by atoms with Crippen molar-refractivity contribution in [2.45, 2.75) is 6.92 Å². The van der Waals surface area contributed by atoms with Gasteiger partial charge in [-0.05, 0) is 6.92 Å². The molecule has 0 aliphatic rings. The topological polar surface area (TPSA) is 93.6 Å².